The van der Waals surface area contributed by atoms with Crippen LogP contribution in [0.5, 0.6) is 0 Å². The number of likely N-dealkylation sites (tertiary alicyclic amines) is 1. The molecule has 0 spiro atoms. The van der Waals surface area contributed by atoms with Gasteiger partial charge in [0.25, 0.3) is 0 Å². The van der Waals surface area contributed by atoms with Crippen molar-refractivity contribution in [2.24, 2.45) is 5.92 Å². The SMILES string of the molecule is C=C(C)C(=O)OOC(C)C1CC(C)(C)N(C)C(C)(C)C1. The monoisotopic (exact) mass is 283 g/mol. The molecular formula is C16H29NO3. The van der Waals surface area contributed by atoms with Gasteiger partial charge in [0.15, 0.2) is 0 Å². The van der Waals surface area contributed by atoms with E-state index in [4.69, 9.17) is 9.78 Å². The fourth-order valence-corrected chi connectivity index (χ4v) is 3.05. The normalized spacial score (nSPS) is 24.1. The predicted molar refractivity (Wildman–Crippen MR) is 80.1 cm³/mol. The topological polar surface area (TPSA) is 38.8 Å². The molecule has 1 heterocycles. The highest BCUT2D eigenvalue weighted by Crippen LogP contribution is 2.41. The Hall–Kier alpha value is -0.870. The van der Waals surface area contributed by atoms with Crippen LogP contribution in [0, 0.1) is 5.92 Å². The first-order chi connectivity index (χ1) is 8.97. The van der Waals surface area contributed by atoms with Crippen molar-refractivity contribution in [1.82, 2.24) is 4.90 Å². The zero-order valence-electron chi connectivity index (χ0n) is 13.9. The van der Waals surface area contributed by atoms with Crippen LogP contribution < -0.4 is 0 Å². The van der Waals surface area contributed by atoms with Crippen LogP contribution in [0.3, 0.4) is 0 Å². The number of carbonyl (C=O) groups is 1. The highest BCUT2D eigenvalue weighted by molar-refractivity contribution is 5.86. The van der Waals surface area contributed by atoms with Crippen molar-refractivity contribution in [2.45, 2.75) is 71.6 Å². The zero-order valence-corrected chi connectivity index (χ0v) is 13.9. The summed E-state index contributed by atoms with van der Waals surface area (Å²) in [7, 11) is 2.17. The molecule has 0 aromatic rings. The van der Waals surface area contributed by atoms with Gasteiger partial charge in [-0.05, 0) is 67.3 Å². The van der Waals surface area contributed by atoms with Crippen LogP contribution in [0.25, 0.3) is 0 Å². The third-order valence-electron chi connectivity index (χ3n) is 4.63. The van der Waals surface area contributed by atoms with Crippen LogP contribution in [0.15, 0.2) is 12.2 Å². The van der Waals surface area contributed by atoms with Crippen LogP contribution in [0.4, 0.5) is 0 Å². The molecule has 0 saturated carbocycles. The number of nitrogens with zero attached hydrogens (tertiary/aromatic N) is 1. The van der Waals surface area contributed by atoms with E-state index in [-0.39, 0.29) is 17.2 Å². The number of rotatable bonds is 4. The summed E-state index contributed by atoms with van der Waals surface area (Å²) in [4.78, 5) is 23.9. The molecule has 0 aliphatic carbocycles. The number of carbonyl (C=O) groups excluding carboxylic acids is 1. The molecule has 1 unspecified atom stereocenters. The molecule has 1 aliphatic heterocycles. The van der Waals surface area contributed by atoms with Gasteiger partial charge < -0.3 is 0 Å². The molecule has 4 nitrogen and oxygen atoms in total. The van der Waals surface area contributed by atoms with E-state index in [0.29, 0.717) is 11.5 Å². The number of hydrogen-bond acceptors (Lipinski definition) is 4. The van der Waals surface area contributed by atoms with Gasteiger partial charge in [-0.1, -0.05) is 6.58 Å². The summed E-state index contributed by atoms with van der Waals surface area (Å²) in [5.41, 5.74) is 0.548. The molecule has 4 heteroatoms. The largest absolute Gasteiger partial charge is 0.368 e. The fourth-order valence-electron chi connectivity index (χ4n) is 3.05. The van der Waals surface area contributed by atoms with Gasteiger partial charge in [0.2, 0.25) is 0 Å². The van der Waals surface area contributed by atoms with Crippen LogP contribution in [0.1, 0.15) is 54.4 Å². The maximum absolute atomic E-state index is 11.4. The van der Waals surface area contributed by atoms with Crippen molar-refractivity contribution < 1.29 is 14.6 Å². The summed E-state index contributed by atoms with van der Waals surface area (Å²) in [5.74, 6) is -0.141. The van der Waals surface area contributed by atoms with Crippen LogP contribution in [0.2, 0.25) is 0 Å². The Balaban J connectivity index is 2.67. The predicted octanol–water partition coefficient (Wildman–Crippen LogP) is 3.32. The molecule has 0 aromatic heterocycles. The molecule has 0 bridgehead atoms. The minimum absolute atomic E-state index is 0.0996. The summed E-state index contributed by atoms with van der Waals surface area (Å²) in [6.45, 7) is 16.1. The van der Waals surface area contributed by atoms with Crippen LogP contribution in [-0.2, 0) is 14.6 Å². The summed E-state index contributed by atoms with van der Waals surface area (Å²) in [6, 6.07) is 0. The fraction of sp³-hybridized carbons (Fsp3) is 0.812. The van der Waals surface area contributed by atoms with Gasteiger partial charge in [0, 0.05) is 16.7 Å². The Morgan fingerprint density at radius 2 is 1.70 bits per heavy atom. The second-order valence-corrected chi connectivity index (χ2v) is 7.30. The Kier molecular flexibility index (Phi) is 5.03. The smallest absolute Gasteiger partial charge is 0.296 e. The molecule has 1 fully saturated rings. The lowest BCUT2D eigenvalue weighted by molar-refractivity contribution is -0.304. The Bertz CT molecular complexity index is 369. The molecule has 0 N–H and O–H groups in total. The Labute approximate surface area is 123 Å². The van der Waals surface area contributed by atoms with E-state index in [9.17, 15) is 4.79 Å². The van der Waals surface area contributed by atoms with Crippen LogP contribution in [-0.4, -0.2) is 35.1 Å². The summed E-state index contributed by atoms with van der Waals surface area (Å²) < 4.78 is 0. The van der Waals surface area contributed by atoms with Crippen molar-refractivity contribution >= 4 is 5.97 Å². The van der Waals surface area contributed by atoms with Gasteiger partial charge in [-0.3, -0.25) is 9.79 Å². The molecule has 0 amide bonds. The molecule has 116 valence electrons. The summed E-state index contributed by atoms with van der Waals surface area (Å²) in [6.07, 6.45) is 1.91. The van der Waals surface area contributed by atoms with Crippen LogP contribution >= 0.6 is 0 Å². The number of hydrogen-bond donors (Lipinski definition) is 0. The minimum atomic E-state index is -0.497. The molecule has 1 saturated heterocycles. The maximum Gasteiger partial charge on any atom is 0.368 e. The lowest BCUT2D eigenvalue weighted by atomic mass is 9.72. The maximum atomic E-state index is 11.4. The molecular weight excluding hydrogens is 254 g/mol. The molecule has 0 aromatic carbocycles. The molecule has 1 atom stereocenters. The van der Waals surface area contributed by atoms with Gasteiger partial charge in [0.1, 0.15) is 6.10 Å². The van der Waals surface area contributed by atoms with E-state index in [1.165, 1.54) is 0 Å². The van der Waals surface area contributed by atoms with Crippen molar-refractivity contribution in [2.75, 3.05) is 7.05 Å². The molecule has 20 heavy (non-hydrogen) atoms. The van der Waals surface area contributed by atoms with Gasteiger partial charge in [-0.15, -0.1) is 0 Å². The molecule has 1 aliphatic rings. The van der Waals surface area contributed by atoms with E-state index in [1.54, 1.807) is 6.92 Å². The second-order valence-electron chi connectivity index (χ2n) is 7.30. The highest BCUT2D eigenvalue weighted by atomic mass is 17.2. The molecule has 1 rings (SSSR count). The zero-order chi connectivity index (χ0) is 15.7. The van der Waals surface area contributed by atoms with E-state index < -0.39 is 5.97 Å². The van der Waals surface area contributed by atoms with Crippen molar-refractivity contribution in [3.63, 3.8) is 0 Å². The lowest BCUT2D eigenvalue weighted by Gasteiger charge is -2.54. The Morgan fingerprint density at radius 3 is 2.10 bits per heavy atom. The Morgan fingerprint density at radius 1 is 1.25 bits per heavy atom. The highest BCUT2D eigenvalue weighted by Gasteiger charge is 2.45. The van der Waals surface area contributed by atoms with Gasteiger partial charge in [-0.2, -0.15) is 4.89 Å². The lowest BCUT2D eigenvalue weighted by Crippen LogP contribution is -2.59. The second kappa shape index (κ2) is 5.86. The molecule has 0 radical (unpaired) electrons. The van der Waals surface area contributed by atoms with E-state index >= 15 is 0 Å². The van der Waals surface area contributed by atoms with Gasteiger partial charge in [-0.25, -0.2) is 4.79 Å². The van der Waals surface area contributed by atoms with Gasteiger partial charge in [0.05, 0.1) is 0 Å². The third kappa shape index (κ3) is 3.83. The van der Waals surface area contributed by atoms with E-state index in [1.807, 2.05) is 6.92 Å². The standard InChI is InChI=1S/C16H29NO3/c1-11(2)14(18)20-19-12(3)13-9-15(4,5)17(8)16(6,7)10-13/h12-13H,1,9-10H2,2-8H3. The first kappa shape index (κ1) is 17.2. The van der Waals surface area contributed by atoms with Crippen molar-refractivity contribution in [1.29, 1.82) is 0 Å². The summed E-state index contributed by atoms with van der Waals surface area (Å²) in [5, 5.41) is 0. The minimum Gasteiger partial charge on any atom is -0.296 e. The van der Waals surface area contributed by atoms with E-state index in [2.05, 4.69) is 46.2 Å². The first-order valence-corrected chi connectivity index (χ1v) is 7.24. The number of piperidine rings is 1. The third-order valence-corrected chi connectivity index (χ3v) is 4.63. The van der Waals surface area contributed by atoms with E-state index in [0.717, 1.165) is 12.8 Å². The van der Waals surface area contributed by atoms with Crippen molar-refractivity contribution in [3.8, 4) is 0 Å². The van der Waals surface area contributed by atoms with Crippen molar-refractivity contribution in [3.05, 3.63) is 12.2 Å². The quantitative estimate of drug-likeness (QED) is 0.451. The average molecular weight is 283 g/mol. The van der Waals surface area contributed by atoms with Gasteiger partial charge >= 0.3 is 5.97 Å². The summed E-state index contributed by atoms with van der Waals surface area (Å²) >= 11 is 0. The average Bonchev–Trinajstić information content (AvgIpc) is 2.31. The first-order valence-electron chi connectivity index (χ1n) is 7.24.